The first-order valence-electron chi connectivity index (χ1n) is 10.9. The number of hydrogen-bond donors (Lipinski definition) is 2. The zero-order valence-corrected chi connectivity index (χ0v) is 18.1. The van der Waals surface area contributed by atoms with Crippen LogP contribution >= 0.6 is 0 Å². The largest absolute Gasteiger partial charge is 0.378 e. The maximum atomic E-state index is 5.49. The molecule has 2 heterocycles. The predicted molar refractivity (Wildman–Crippen MR) is 130 cm³/mol. The molecule has 7 nitrogen and oxygen atoms in total. The van der Waals surface area contributed by atoms with Crippen LogP contribution < -0.4 is 15.6 Å². The van der Waals surface area contributed by atoms with Gasteiger partial charge in [-0.25, -0.2) is 0 Å². The molecule has 0 saturated carbocycles. The van der Waals surface area contributed by atoms with Crippen LogP contribution in [0.25, 0.3) is 5.57 Å². The van der Waals surface area contributed by atoms with Gasteiger partial charge >= 0.3 is 0 Å². The number of hydrogen-bond acceptors (Lipinski definition) is 7. The predicted octanol–water partition coefficient (Wildman–Crippen LogP) is 4.40. The minimum atomic E-state index is 0.529. The van der Waals surface area contributed by atoms with Gasteiger partial charge in [0.2, 0.25) is 5.95 Å². The minimum absolute atomic E-state index is 0.529. The summed E-state index contributed by atoms with van der Waals surface area (Å²) in [5.74, 6) is 2.02. The summed E-state index contributed by atoms with van der Waals surface area (Å²) in [6.07, 6.45) is 4.99. The minimum Gasteiger partial charge on any atom is -0.378 e. The van der Waals surface area contributed by atoms with E-state index < -0.39 is 0 Å². The van der Waals surface area contributed by atoms with Crippen molar-refractivity contribution < 1.29 is 4.74 Å². The van der Waals surface area contributed by atoms with Crippen LogP contribution in [0.1, 0.15) is 16.7 Å². The van der Waals surface area contributed by atoms with Gasteiger partial charge in [0.05, 0.1) is 19.4 Å². The molecule has 5 rings (SSSR count). The van der Waals surface area contributed by atoms with E-state index in [-0.39, 0.29) is 0 Å². The smallest absolute Gasteiger partial charge is 0.231 e. The van der Waals surface area contributed by atoms with Gasteiger partial charge in [0, 0.05) is 24.8 Å². The molecule has 0 amide bonds. The first kappa shape index (κ1) is 20.2. The van der Waals surface area contributed by atoms with Crippen molar-refractivity contribution in [3.8, 4) is 0 Å². The third-order valence-electron chi connectivity index (χ3n) is 5.61. The number of nitrogens with one attached hydrogen (secondary N) is 2. The Morgan fingerprint density at radius 2 is 1.84 bits per heavy atom. The van der Waals surface area contributed by atoms with Crippen molar-refractivity contribution in [1.82, 2.24) is 9.97 Å². The molecule has 2 aromatic carbocycles. The third-order valence-corrected chi connectivity index (χ3v) is 5.61. The van der Waals surface area contributed by atoms with Crippen molar-refractivity contribution in [3.05, 3.63) is 77.4 Å². The molecule has 1 aromatic heterocycles. The normalized spacial score (nSPS) is 15.5. The zero-order valence-electron chi connectivity index (χ0n) is 18.1. The second kappa shape index (κ2) is 9.20. The van der Waals surface area contributed by atoms with Gasteiger partial charge in [0.1, 0.15) is 5.82 Å². The van der Waals surface area contributed by atoms with Crippen LogP contribution in [-0.2, 0) is 11.2 Å². The van der Waals surface area contributed by atoms with Crippen molar-refractivity contribution in [3.63, 3.8) is 0 Å². The Hall–Kier alpha value is -3.71. The number of aryl methyl sites for hydroxylation is 1. The summed E-state index contributed by atoms with van der Waals surface area (Å²) in [6, 6.07) is 18.5. The fourth-order valence-electron chi connectivity index (χ4n) is 3.87. The molecule has 7 heteroatoms. The van der Waals surface area contributed by atoms with Crippen LogP contribution in [0.15, 0.2) is 65.8 Å². The average Bonchev–Trinajstić information content (AvgIpc) is 3.24. The van der Waals surface area contributed by atoms with Crippen LogP contribution in [0.5, 0.6) is 0 Å². The molecule has 1 fully saturated rings. The Bertz CT molecular complexity index is 1150. The molecule has 2 N–H and O–H groups in total. The summed E-state index contributed by atoms with van der Waals surface area (Å²) in [4.78, 5) is 11.6. The number of nitrogens with zero attached hydrogens (tertiary/aromatic N) is 4. The Morgan fingerprint density at radius 1 is 1.03 bits per heavy atom. The third kappa shape index (κ3) is 4.63. The van der Waals surface area contributed by atoms with Crippen molar-refractivity contribution in [2.75, 3.05) is 41.9 Å². The fourth-order valence-corrected chi connectivity index (χ4v) is 3.87. The van der Waals surface area contributed by atoms with E-state index in [4.69, 9.17) is 9.72 Å². The zero-order chi connectivity index (χ0) is 21.8. The second-order valence-electron chi connectivity index (χ2n) is 7.92. The van der Waals surface area contributed by atoms with Crippen molar-refractivity contribution in [2.24, 2.45) is 5.10 Å². The van der Waals surface area contributed by atoms with Crippen LogP contribution in [0.3, 0.4) is 0 Å². The molecule has 0 atom stereocenters. The van der Waals surface area contributed by atoms with Crippen molar-refractivity contribution in [2.45, 2.75) is 13.3 Å². The molecule has 1 aliphatic heterocycles. The number of rotatable bonds is 6. The van der Waals surface area contributed by atoms with Gasteiger partial charge in [-0.15, -0.1) is 0 Å². The lowest BCUT2D eigenvalue weighted by Crippen LogP contribution is -2.36. The van der Waals surface area contributed by atoms with Gasteiger partial charge in [-0.1, -0.05) is 48.0 Å². The highest BCUT2D eigenvalue weighted by Crippen LogP contribution is 2.26. The highest BCUT2D eigenvalue weighted by atomic mass is 16.5. The van der Waals surface area contributed by atoms with Crippen molar-refractivity contribution in [1.29, 1.82) is 0 Å². The lowest BCUT2D eigenvalue weighted by atomic mass is 10.1. The molecule has 162 valence electrons. The van der Waals surface area contributed by atoms with E-state index in [0.717, 1.165) is 36.6 Å². The number of hydrazone groups is 1. The topological polar surface area (TPSA) is 74.7 Å². The molecule has 2 aliphatic rings. The number of morpholine rings is 1. The Balaban J connectivity index is 1.37. The van der Waals surface area contributed by atoms with E-state index >= 15 is 0 Å². The Kier molecular flexibility index (Phi) is 5.81. The summed E-state index contributed by atoms with van der Waals surface area (Å²) in [5, 5.41) is 7.78. The van der Waals surface area contributed by atoms with Gasteiger partial charge in [0.15, 0.2) is 5.82 Å². The highest BCUT2D eigenvalue weighted by molar-refractivity contribution is 6.11. The molecule has 0 unspecified atom stereocenters. The van der Waals surface area contributed by atoms with E-state index in [9.17, 15) is 0 Å². The Labute approximate surface area is 187 Å². The molecule has 1 saturated heterocycles. The molecule has 0 radical (unpaired) electrons. The van der Waals surface area contributed by atoms with E-state index in [1.54, 1.807) is 0 Å². The Morgan fingerprint density at radius 3 is 2.69 bits per heavy atom. The van der Waals surface area contributed by atoms with E-state index in [1.165, 1.54) is 16.7 Å². The number of benzene rings is 2. The lowest BCUT2D eigenvalue weighted by molar-refractivity contribution is 0.122. The quantitative estimate of drug-likeness (QED) is 0.449. The number of fused-ring (bicyclic) bond motifs is 1. The summed E-state index contributed by atoms with van der Waals surface area (Å²) in [5.41, 5.74) is 8.93. The summed E-state index contributed by atoms with van der Waals surface area (Å²) >= 11 is 0. The molecule has 1 aliphatic carbocycles. The van der Waals surface area contributed by atoms with E-state index in [1.807, 2.05) is 24.4 Å². The molecule has 32 heavy (non-hydrogen) atoms. The fraction of sp³-hybridized carbons (Fsp3) is 0.240. The first-order valence-corrected chi connectivity index (χ1v) is 10.9. The molecular formula is C25H26N6O. The summed E-state index contributed by atoms with van der Waals surface area (Å²) < 4.78 is 5.49. The molecule has 3 aromatic rings. The van der Waals surface area contributed by atoms with Gasteiger partial charge in [0.25, 0.3) is 0 Å². The van der Waals surface area contributed by atoms with Crippen LogP contribution in [0.2, 0.25) is 0 Å². The van der Waals surface area contributed by atoms with Gasteiger partial charge in [-0.3, -0.25) is 5.43 Å². The standard InChI is InChI=1S/C25H26N6O/c1-18-6-10-21(11-7-18)27-25-28-23(16-24(29-25)31-12-14-32-15-13-31)30-26-17-20-9-8-19-4-2-3-5-22(19)20/h2-7,9-11,16-17H,8,12-15H2,1H3,(H2,27,28,29,30)/b26-17+. The van der Waals surface area contributed by atoms with Crippen LogP contribution in [0.4, 0.5) is 23.3 Å². The lowest BCUT2D eigenvalue weighted by Gasteiger charge is -2.28. The first-order chi connectivity index (χ1) is 15.7. The average molecular weight is 427 g/mol. The maximum Gasteiger partial charge on any atom is 0.231 e. The monoisotopic (exact) mass is 426 g/mol. The summed E-state index contributed by atoms with van der Waals surface area (Å²) in [7, 11) is 0. The van der Waals surface area contributed by atoms with Gasteiger partial charge in [-0.2, -0.15) is 15.1 Å². The number of anilines is 4. The second-order valence-corrected chi connectivity index (χ2v) is 7.92. The number of aromatic nitrogens is 2. The SMILES string of the molecule is Cc1ccc(Nc2nc(N/N=C/C3=CCc4ccccc43)cc(N3CCOCC3)n2)cc1. The van der Waals surface area contributed by atoms with Crippen LogP contribution in [-0.4, -0.2) is 42.5 Å². The van der Waals surface area contributed by atoms with Crippen molar-refractivity contribution >= 4 is 35.1 Å². The van der Waals surface area contributed by atoms with Gasteiger partial charge in [-0.05, 0) is 42.2 Å². The van der Waals surface area contributed by atoms with Gasteiger partial charge < -0.3 is 15.0 Å². The number of allylic oxidation sites excluding steroid dienone is 2. The number of ether oxygens (including phenoxy) is 1. The van der Waals surface area contributed by atoms with E-state index in [0.29, 0.717) is 25.0 Å². The molecule has 0 spiro atoms. The van der Waals surface area contributed by atoms with Crippen LogP contribution in [0, 0.1) is 6.92 Å². The highest BCUT2D eigenvalue weighted by Gasteiger charge is 2.16. The summed E-state index contributed by atoms with van der Waals surface area (Å²) in [6.45, 7) is 5.05. The molecule has 0 bridgehead atoms. The maximum absolute atomic E-state index is 5.49. The molecular weight excluding hydrogens is 400 g/mol. The van der Waals surface area contributed by atoms with E-state index in [2.05, 4.69) is 75.1 Å².